The van der Waals surface area contributed by atoms with Crippen LogP contribution < -0.4 is 9.64 Å². The fourth-order valence-corrected chi connectivity index (χ4v) is 3.99. The SMILES string of the molecule is COc1ccc(N2C(=O)C(O)=C(S(C)(=O)=O)C2c2ccccc2)cc1. The second kappa shape index (κ2) is 6.25. The zero-order chi connectivity index (χ0) is 18.2. The predicted octanol–water partition coefficient (Wildman–Crippen LogP) is 2.60. The minimum absolute atomic E-state index is 0.292. The molecule has 3 rings (SSSR count). The van der Waals surface area contributed by atoms with Gasteiger partial charge in [-0.3, -0.25) is 9.69 Å². The van der Waals surface area contributed by atoms with Crippen molar-refractivity contribution in [3.8, 4) is 5.75 Å². The third kappa shape index (κ3) is 2.98. The Morgan fingerprint density at radius 2 is 1.64 bits per heavy atom. The van der Waals surface area contributed by atoms with Gasteiger partial charge in [0.15, 0.2) is 15.6 Å². The van der Waals surface area contributed by atoms with Crippen molar-refractivity contribution in [1.82, 2.24) is 0 Å². The standard InChI is InChI=1S/C18H17NO5S/c1-24-14-10-8-13(9-11-14)19-15(12-6-4-3-5-7-12)17(25(2,22)23)16(20)18(19)21/h3-11,15,20H,1-2H3. The van der Waals surface area contributed by atoms with Crippen LogP contribution in [0, 0.1) is 0 Å². The van der Waals surface area contributed by atoms with Crippen LogP contribution in [0.5, 0.6) is 5.75 Å². The Bertz CT molecular complexity index is 933. The van der Waals surface area contributed by atoms with Crippen molar-refractivity contribution in [2.45, 2.75) is 6.04 Å². The van der Waals surface area contributed by atoms with E-state index in [1.54, 1.807) is 54.6 Å². The maximum absolute atomic E-state index is 12.6. The van der Waals surface area contributed by atoms with Crippen LogP contribution in [0.4, 0.5) is 5.69 Å². The van der Waals surface area contributed by atoms with Gasteiger partial charge >= 0.3 is 0 Å². The van der Waals surface area contributed by atoms with E-state index in [0.717, 1.165) is 6.26 Å². The van der Waals surface area contributed by atoms with Crippen molar-refractivity contribution < 1.29 is 23.1 Å². The molecule has 6 nitrogen and oxygen atoms in total. The lowest BCUT2D eigenvalue weighted by Gasteiger charge is -2.26. The zero-order valence-electron chi connectivity index (χ0n) is 13.7. The number of aliphatic hydroxyl groups is 1. The molecule has 0 saturated carbocycles. The summed E-state index contributed by atoms with van der Waals surface area (Å²) in [5.41, 5.74) is 1.06. The zero-order valence-corrected chi connectivity index (χ0v) is 14.5. The van der Waals surface area contributed by atoms with Crippen LogP contribution in [0.25, 0.3) is 0 Å². The van der Waals surface area contributed by atoms with Crippen LogP contribution in [0.3, 0.4) is 0 Å². The van der Waals surface area contributed by atoms with E-state index >= 15 is 0 Å². The number of carbonyl (C=O) groups is 1. The average molecular weight is 359 g/mol. The van der Waals surface area contributed by atoms with Crippen molar-refractivity contribution in [3.05, 3.63) is 70.8 Å². The summed E-state index contributed by atoms with van der Waals surface area (Å²) < 4.78 is 29.6. The molecule has 0 aliphatic carbocycles. The molecule has 2 aromatic rings. The molecule has 0 spiro atoms. The normalized spacial score (nSPS) is 17.9. The van der Waals surface area contributed by atoms with E-state index in [-0.39, 0.29) is 4.91 Å². The molecule has 1 aliphatic heterocycles. The van der Waals surface area contributed by atoms with E-state index < -0.39 is 27.5 Å². The van der Waals surface area contributed by atoms with Crippen molar-refractivity contribution in [1.29, 1.82) is 0 Å². The topological polar surface area (TPSA) is 83.9 Å². The summed E-state index contributed by atoms with van der Waals surface area (Å²) in [5, 5.41) is 10.2. The molecule has 1 amide bonds. The van der Waals surface area contributed by atoms with Crippen LogP contribution in [0.15, 0.2) is 65.3 Å². The number of nitrogens with zero attached hydrogens (tertiary/aromatic N) is 1. The van der Waals surface area contributed by atoms with Crippen LogP contribution in [0.2, 0.25) is 0 Å². The molecule has 1 unspecified atom stereocenters. The van der Waals surface area contributed by atoms with E-state index in [1.807, 2.05) is 0 Å². The van der Waals surface area contributed by atoms with Gasteiger partial charge in [0.1, 0.15) is 16.7 Å². The Hall–Kier alpha value is -2.80. The molecule has 1 heterocycles. The smallest absolute Gasteiger partial charge is 0.295 e. The fraction of sp³-hybridized carbons (Fsp3) is 0.167. The van der Waals surface area contributed by atoms with E-state index in [2.05, 4.69) is 0 Å². The lowest BCUT2D eigenvalue weighted by molar-refractivity contribution is -0.117. The van der Waals surface area contributed by atoms with Crippen molar-refractivity contribution in [3.63, 3.8) is 0 Å². The van der Waals surface area contributed by atoms with Gasteiger partial charge in [-0.15, -0.1) is 0 Å². The molecule has 0 saturated heterocycles. The molecular weight excluding hydrogens is 342 g/mol. The monoisotopic (exact) mass is 359 g/mol. The van der Waals surface area contributed by atoms with Gasteiger partial charge in [0.05, 0.1) is 7.11 Å². The summed E-state index contributed by atoms with van der Waals surface area (Å²) in [6.45, 7) is 0. The number of methoxy groups -OCH3 is 1. The second-order valence-corrected chi connectivity index (χ2v) is 7.66. The van der Waals surface area contributed by atoms with Gasteiger partial charge in [-0.2, -0.15) is 0 Å². The van der Waals surface area contributed by atoms with Crippen LogP contribution in [0.1, 0.15) is 11.6 Å². The first-order valence-corrected chi connectivity index (χ1v) is 9.39. The Morgan fingerprint density at radius 3 is 2.16 bits per heavy atom. The summed E-state index contributed by atoms with van der Waals surface area (Å²) in [7, 11) is -2.27. The number of ether oxygens (including phenoxy) is 1. The van der Waals surface area contributed by atoms with Crippen molar-refractivity contribution >= 4 is 21.4 Å². The molecular formula is C18H17NO5S. The lowest BCUT2D eigenvalue weighted by atomic mass is 10.1. The molecule has 25 heavy (non-hydrogen) atoms. The number of aliphatic hydroxyl groups excluding tert-OH is 1. The summed E-state index contributed by atoms with van der Waals surface area (Å²) in [6, 6.07) is 14.4. The van der Waals surface area contributed by atoms with Crippen molar-refractivity contribution in [2.75, 3.05) is 18.3 Å². The minimum Gasteiger partial charge on any atom is -0.502 e. The summed E-state index contributed by atoms with van der Waals surface area (Å²) in [4.78, 5) is 13.6. The predicted molar refractivity (Wildman–Crippen MR) is 94.2 cm³/mol. The molecule has 0 aromatic heterocycles. The van der Waals surface area contributed by atoms with Gasteiger partial charge in [0.25, 0.3) is 5.91 Å². The highest BCUT2D eigenvalue weighted by Crippen LogP contribution is 2.42. The third-order valence-corrected chi connectivity index (χ3v) is 5.24. The quantitative estimate of drug-likeness (QED) is 0.907. The van der Waals surface area contributed by atoms with Crippen LogP contribution in [-0.2, 0) is 14.6 Å². The number of sulfone groups is 1. The molecule has 1 N–H and O–H groups in total. The molecule has 130 valence electrons. The Labute approximate surface area is 145 Å². The van der Waals surface area contributed by atoms with Gasteiger partial charge in [0.2, 0.25) is 0 Å². The first-order valence-electron chi connectivity index (χ1n) is 7.50. The highest BCUT2D eigenvalue weighted by atomic mass is 32.2. The molecule has 2 aromatic carbocycles. The Morgan fingerprint density at radius 1 is 1.04 bits per heavy atom. The minimum atomic E-state index is -3.79. The Balaban J connectivity index is 2.18. The first kappa shape index (κ1) is 17.0. The first-order chi connectivity index (χ1) is 11.8. The molecule has 0 radical (unpaired) electrons. The Kier molecular flexibility index (Phi) is 4.26. The highest BCUT2D eigenvalue weighted by molar-refractivity contribution is 7.94. The number of hydrogen-bond donors (Lipinski definition) is 1. The highest BCUT2D eigenvalue weighted by Gasteiger charge is 2.45. The van der Waals surface area contributed by atoms with Gasteiger partial charge in [0, 0.05) is 11.9 Å². The van der Waals surface area contributed by atoms with Gasteiger partial charge < -0.3 is 9.84 Å². The summed E-state index contributed by atoms with van der Waals surface area (Å²) >= 11 is 0. The van der Waals surface area contributed by atoms with E-state index in [1.165, 1.54) is 12.0 Å². The number of benzene rings is 2. The molecule has 7 heteroatoms. The van der Waals surface area contributed by atoms with Gasteiger partial charge in [-0.1, -0.05) is 30.3 Å². The second-order valence-electron chi connectivity index (χ2n) is 5.67. The summed E-state index contributed by atoms with van der Waals surface area (Å²) in [5.74, 6) is -0.890. The maximum atomic E-state index is 12.6. The third-order valence-electron chi connectivity index (χ3n) is 4.03. The van der Waals surface area contributed by atoms with Gasteiger partial charge in [-0.05, 0) is 29.8 Å². The van der Waals surface area contributed by atoms with Crippen molar-refractivity contribution in [2.24, 2.45) is 0 Å². The van der Waals surface area contributed by atoms with E-state index in [0.29, 0.717) is 17.0 Å². The number of rotatable bonds is 4. The molecule has 1 atom stereocenters. The maximum Gasteiger partial charge on any atom is 0.295 e. The number of carbonyl (C=O) groups excluding carboxylic acids is 1. The molecule has 0 fully saturated rings. The largest absolute Gasteiger partial charge is 0.502 e. The number of hydrogen-bond acceptors (Lipinski definition) is 5. The van der Waals surface area contributed by atoms with E-state index in [4.69, 9.17) is 4.74 Å². The van der Waals surface area contributed by atoms with Gasteiger partial charge in [-0.25, -0.2) is 8.42 Å². The average Bonchev–Trinajstić information content (AvgIpc) is 2.87. The van der Waals surface area contributed by atoms with Crippen LogP contribution >= 0.6 is 0 Å². The molecule has 0 bridgehead atoms. The van der Waals surface area contributed by atoms with E-state index in [9.17, 15) is 18.3 Å². The number of anilines is 1. The fourth-order valence-electron chi connectivity index (χ4n) is 2.91. The molecule has 1 aliphatic rings. The summed E-state index contributed by atoms with van der Waals surface area (Å²) in [6.07, 6.45) is 0.985. The number of amides is 1. The lowest BCUT2D eigenvalue weighted by Crippen LogP contribution is -2.30. The van der Waals surface area contributed by atoms with Crippen LogP contribution in [-0.4, -0.2) is 32.8 Å².